The Morgan fingerprint density at radius 3 is 2.56 bits per heavy atom. The number of hydrogen-bond acceptors (Lipinski definition) is 3. The van der Waals surface area contributed by atoms with Gasteiger partial charge in [0.1, 0.15) is 0 Å². The summed E-state index contributed by atoms with van der Waals surface area (Å²) >= 11 is 0. The highest BCUT2D eigenvalue weighted by Gasteiger charge is 2.24. The highest BCUT2D eigenvalue weighted by atomic mass is 16.5. The molecule has 0 saturated carbocycles. The molecule has 1 rings (SSSR count). The van der Waals surface area contributed by atoms with Crippen LogP contribution in [0.4, 0.5) is 0 Å². The first-order valence-corrected chi connectivity index (χ1v) is 3.18. The molecular formula is C6H12O3. The minimum absolute atomic E-state index is 0.117. The number of ether oxygens (including phenoxy) is 1. The van der Waals surface area contributed by atoms with Crippen LogP contribution in [0.5, 0.6) is 0 Å². The minimum atomic E-state index is -0.492. The maximum Gasteiger partial charge on any atom is 0.0824 e. The van der Waals surface area contributed by atoms with Crippen LogP contribution >= 0.6 is 0 Å². The van der Waals surface area contributed by atoms with Crippen molar-refractivity contribution in [2.75, 3.05) is 6.61 Å². The Balaban J connectivity index is 2.35. The molecule has 1 fully saturated rings. The summed E-state index contributed by atoms with van der Waals surface area (Å²) in [5.41, 5.74) is 0. The van der Waals surface area contributed by atoms with Gasteiger partial charge in [0.2, 0.25) is 0 Å². The minimum Gasteiger partial charge on any atom is -0.391 e. The van der Waals surface area contributed by atoms with E-state index in [0.29, 0.717) is 13.0 Å². The van der Waals surface area contributed by atoms with Gasteiger partial charge in [0.15, 0.2) is 0 Å². The Morgan fingerprint density at radius 2 is 2.11 bits per heavy atom. The molecule has 1 saturated heterocycles. The molecule has 1 heterocycles. The molecule has 0 radical (unpaired) electrons. The van der Waals surface area contributed by atoms with Crippen LogP contribution in [0.25, 0.3) is 0 Å². The van der Waals surface area contributed by atoms with Crippen molar-refractivity contribution in [3.63, 3.8) is 0 Å². The van der Waals surface area contributed by atoms with Crippen LogP contribution in [-0.2, 0) is 4.74 Å². The fraction of sp³-hybridized carbons (Fsp3) is 1.00. The zero-order valence-corrected chi connectivity index (χ0v) is 5.45. The standard InChI is InChI=1S/C6H12O3/c1-4-6(8)2-5(7)3-9-4/h4-8H,2-3H2,1H3/t4-,5-,6?/m0/s1. The molecule has 0 aromatic rings. The number of aliphatic hydroxyl groups excluding tert-OH is 2. The first-order valence-electron chi connectivity index (χ1n) is 3.18. The van der Waals surface area contributed by atoms with Crippen LogP contribution in [0.2, 0.25) is 0 Å². The maximum absolute atomic E-state index is 9.06. The Morgan fingerprint density at radius 1 is 1.44 bits per heavy atom. The highest BCUT2D eigenvalue weighted by molar-refractivity contribution is 4.74. The molecule has 0 aromatic carbocycles. The van der Waals surface area contributed by atoms with E-state index in [2.05, 4.69) is 0 Å². The van der Waals surface area contributed by atoms with Crippen molar-refractivity contribution >= 4 is 0 Å². The van der Waals surface area contributed by atoms with Crippen molar-refractivity contribution in [2.24, 2.45) is 0 Å². The predicted molar refractivity (Wildman–Crippen MR) is 32.0 cm³/mol. The van der Waals surface area contributed by atoms with Crippen molar-refractivity contribution in [1.29, 1.82) is 0 Å². The van der Waals surface area contributed by atoms with Gasteiger partial charge in [-0.1, -0.05) is 0 Å². The Bertz CT molecular complexity index is 94.3. The van der Waals surface area contributed by atoms with Crippen LogP contribution in [-0.4, -0.2) is 35.1 Å². The number of rotatable bonds is 0. The van der Waals surface area contributed by atoms with E-state index in [1.54, 1.807) is 6.92 Å². The van der Waals surface area contributed by atoms with E-state index in [1.807, 2.05) is 0 Å². The lowest BCUT2D eigenvalue weighted by Gasteiger charge is -2.28. The van der Waals surface area contributed by atoms with Crippen LogP contribution in [0.3, 0.4) is 0 Å². The molecule has 3 nitrogen and oxygen atoms in total. The highest BCUT2D eigenvalue weighted by Crippen LogP contribution is 2.12. The van der Waals surface area contributed by atoms with Gasteiger partial charge in [-0.2, -0.15) is 0 Å². The average Bonchev–Trinajstić information content (AvgIpc) is 1.80. The number of aliphatic hydroxyl groups is 2. The van der Waals surface area contributed by atoms with Crippen molar-refractivity contribution in [2.45, 2.75) is 31.7 Å². The van der Waals surface area contributed by atoms with E-state index >= 15 is 0 Å². The average molecular weight is 132 g/mol. The van der Waals surface area contributed by atoms with Crippen LogP contribution in [0.1, 0.15) is 13.3 Å². The van der Waals surface area contributed by atoms with E-state index in [-0.39, 0.29) is 6.10 Å². The second-order valence-electron chi connectivity index (χ2n) is 2.50. The monoisotopic (exact) mass is 132 g/mol. The molecule has 0 bridgehead atoms. The topological polar surface area (TPSA) is 49.7 Å². The van der Waals surface area contributed by atoms with Gasteiger partial charge in [-0.15, -0.1) is 0 Å². The largest absolute Gasteiger partial charge is 0.391 e. The molecule has 1 unspecified atom stereocenters. The van der Waals surface area contributed by atoms with Gasteiger partial charge in [-0.05, 0) is 6.92 Å². The van der Waals surface area contributed by atoms with Gasteiger partial charge in [-0.3, -0.25) is 0 Å². The second kappa shape index (κ2) is 2.64. The van der Waals surface area contributed by atoms with Crippen molar-refractivity contribution < 1.29 is 14.9 Å². The molecule has 2 N–H and O–H groups in total. The molecule has 0 aromatic heterocycles. The summed E-state index contributed by atoms with van der Waals surface area (Å²) in [5.74, 6) is 0. The summed E-state index contributed by atoms with van der Waals surface area (Å²) in [6.07, 6.45) is -0.639. The molecule has 54 valence electrons. The van der Waals surface area contributed by atoms with Gasteiger partial charge in [-0.25, -0.2) is 0 Å². The Kier molecular flexibility index (Phi) is 2.05. The van der Waals surface area contributed by atoms with E-state index < -0.39 is 12.2 Å². The third-order valence-electron chi connectivity index (χ3n) is 1.61. The summed E-state index contributed by atoms with van der Waals surface area (Å²) in [5, 5.41) is 18.0. The SMILES string of the molecule is C[C@@H]1OC[C@@H](O)CC1O. The Hall–Kier alpha value is -0.120. The zero-order valence-electron chi connectivity index (χ0n) is 5.45. The fourth-order valence-corrected chi connectivity index (χ4v) is 0.912. The van der Waals surface area contributed by atoms with E-state index in [0.717, 1.165) is 0 Å². The molecule has 0 spiro atoms. The van der Waals surface area contributed by atoms with Crippen molar-refractivity contribution in [3.05, 3.63) is 0 Å². The van der Waals surface area contributed by atoms with Crippen LogP contribution in [0, 0.1) is 0 Å². The fourth-order valence-electron chi connectivity index (χ4n) is 0.912. The zero-order chi connectivity index (χ0) is 6.85. The van der Waals surface area contributed by atoms with Crippen molar-refractivity contribution in [3.8, 4) is 0 Å². The van der Waals surface area contributed by atoms with Crippen molar-refractivity contribution in [1.82, 2.24) is 0 Å². The first kappa shape index (κ1) is 6.99. The second-order valence-corrected chi connectivity index (χ2v) is 2.50. The molecule has 3 atom stereocenters. The smallest absolute Gasteiger partial charge is 0.0824 e. The number of hydrogen-bond donors (Lipinski definition) is 2. The van der Waals surface area contributed by atoms with E-state index in [1.165, 1.54) is 0 Å². The molecular weight excluding hydrogens is 120 g/mol. The van der Waals surface area contributed by atoms with Crippen LogP contribution in [0.15, 0.2) is 0 Å². The summed E-state index contributed by atoms with van der Waals surface area (Å²) < 4.78 is 5.00. The summed E-state index contributed by atoms with van der Waals surface area (Å²) in [4.78, 5) is 0. The summed E-state index contributed by atoms with van der Waals surface area (Å²) in [6, 6.07) is 0. The molecule has 0 amide bonds. The normalized spacial score (nSPS) is 45.0. The summed E-state index contributed by atoms with van der Waals surface area (Å²) in [6.45, 7) is 2.16. The van der Waals surface area contributed by atoms with E-state index in [9.17, 15) is 0 Å². The maximum atomic E-state index is 9.06. The third-order valence-corrected chi connectivity index (χ3v) is 1.61. The molecule has 0 aliphatic carbocycles. The lowest BCUT2D eigenvalue weighted by atomic mass is 10.1. The Labute approximate surface area is 54.3 Å². The molecule has 1 aliphatic rings. The quantitative estimate of drug-likeness (QED) is 0.468. The summed E-state index contributed by atoms with van der Waals surface area (Å²) in [7, 11) is 0. The molecule has 1 aliphatic heterocycles. The van der Waals surface area contributed by atoms with Gasteiger partial charge in [0.05, 0.1) is 24.9 Å². The van der Waals surface area contributed by atoms with Gasteiger partial charge >= 0.3 is 0 Å². The van der Waals surface area contributed by atoms with E-state index in [4.69, 9.17) is 14.9 Å². The van der Waals surface area contributed by atoms with Gasteiger partial charge in [0.25, 0.3) is 0 Å². The van der Waals surface area contributed by atoms with Gasteiger partial charge < -0.3 is 14.9 Å². The lowest BCUT2D eigenvalue weighted by molar-refractivity contribution is -0.115. The third kappa shape index (κ3) is 1.64. The van der Waals surface area contributed by atoms with Gasteiger partial charge in [0, 0.05) is 6.42 Å². The molecule has 3 heteroatoms. The first-order chi connectivity index (χ1) is 4.20. The predicted octanol–water partition coefficient (Wildman–Crippen LogP) is -0.483. The molecule has 9 heavy (non-hydrogen) atoms. The van der Waals surface area contributed by atoms with Crippen LogP contribution < -0.4 is 0 Å². The lowest BCUT2D eigenvalue weighted by Crippen LogP contribution is -2.39.